The zero-order valence-electron chi connectivity index (χ0n) is 11.7. The lowest BCUT2D eigenvalue weighted by Crippen LogP contribution is -2.35. The summed E-state index contributed by atoms with van der Waals surface area (Å²) < 4.78 is 19.3. The van der Waals surface area contributed by atoms with Gasteiger partial charge in [0.05, 0.1) is 11.7 Å². The van der Waals surface area contributed by atoms with Crippen molar-refractivity contribution >= 4 is 5.91 Å². The number of aliphatic hydroxyl groups is 1. The molecular weight excluding hydrogens is 273 g/mol. The van der Waals surface area contributed by atoms with Crippen molar-refractivity contribution in [1.29, 1.82) is 0 Å². The Labute approximate surface area is 123 Å². The molecule has 1 amide bonds. The van der Waals surface area contributed by atoms with Gasteiger partial charge < -0.3 is 15.2 Å². The fourth-order valence-corrected chi connectivity index (χ4v) is 2.17. The highest BCUT2D eigenvalue weighted by Gasteiger charge is 2.15. The molecule has 0 spiro atoms. The van der Waals surface area contributed by atoms with Crippen LogP contribution in [0.25, 0.3) is 0 Å². The number of carbonyl (C=O) groups is 1. The Morgan fingerprint density at radius 1 is 1.48 bits per heavy atom. The molecule has 0 saturated carbocycles. The first-order valence-corrected chi connectivity index (χ1v) is 7.00. The molecule has 1 atom stereocenters. The molecule has 1 fully saturated rings. The van der Waals surface area contributed by atoms with Gasteiger partial charge in [-0.05, 0) is 37.5 Å². The van der Waals surface area contributed by atoms with Gasteiger partial charge in [-0.15, -0.1) is 0 Å². The van der Waals surface area contributed by atoms with Gasteiger partial charge in [-0.2, -0.15) is 0 Å². The summed E-state index contributed by atoms with van der Waals surface area (Å²) in [4.78, 5) is 12.0. The van der Waals surface area contributed by atoms with Gasteiger partial charge in [-0.3, -0.25) is 4.79 Å². The predicted octanol–water partition coefficient (Wildman–Crippen LogP) is 1.47. The molecule has 21 heavy (non-hydrogen) atoms. The first-order valence-electron chi connectivity index (χ1n) is 7.00. The highest BCUT2D eigenvalue weighted by Crippen LogP contribution is 2.13. The van der Waals surface area contributed by atoms with Crippen LogP contribution < -0.4 is 5.32 Å². The summed E-state index contributed by atoms with van der Waals surface area (Å²) in [5.74, 6) is 3.96. The molecule has 1 saturated heterocycles. The van der Waals surface area contributed by atoms with Crippen molar-refractivity contribution in [3.05, 3.63) is 35.1 Å². The number of amides is 1. The van der Waals surface area contributed by atoms with Gasteiger partial charge in [0, 0.05) is 18.7 Å². The third kappa shape index (κ3) is 4.55. The molecule has 0 bridgehead atoms. The summed E-state index contributed by atoms with van der Waals surface area (Å²) in [6.07, 6.45) is 3.14. The second-order valence-corrected chi connectivity index (χ2v) is 4.85. The molecule has 0 aliphatic carbocycles. The number of benzene rings is 1. The third-order valence-corrected chi connectivity index (χ3v) is 3.30. The standard InChI is InChI=1S/C16H18FNO3/c17-15-10-13(7-6-12(15)4-3-8-19)16(20)18-11-14-5-1-2-9-21-14/h6-7,10,14,19H,1-2,5,8-9,11H2,(H,18,20). The second kappa shape index (κ2) is 7.77. The number of halogens is 1. The molecule has 112 valence electrons. The SMILES string of the molecule is O=C(NCC1CCCCO1)c1ccc(C#CCO)c(F)c1. The number of hydrogen-bond acceptors (Lipinski definition) is 3. The van der Waals surface area contributed by atoms with E-state index in [1.807, 2.05) is 0 Å². The summed E-state index contributed by atoms with van der Waals surface area (Å²) in [7, 11) is 0. The Balaban J connectivity index is 1.94. The lowest BCUT2D eigenvalue weighted by Gasteiger charge is -2.22. The largest absolute Gasteiger partial charge is 0.384 e. The van der Waals surface area contributed by atoms with E-state index in [0.29, 0.717) is 6.54 Å². The summed E-state index contributed by atoms with van der Waals surface area (Å²) in [5, 5.41) is 11.3. The molecule has 1 aromatic carbocycles. The molecule has 1 unspecified atom stereocenters. The van der Waals surface area contributed by atoms with Gasteiger partial charge in [-0.1, -0.05) is 11.8 Å². The summed E-state index contributed by atoms with van der Waals surface area (Å²) in [6, 6.07) is 4.10. The van der Waals surface area contributed by atoms with Crippen LogP contribution in [0.5, 0.6) is 0 Å². The van der Waals surface area contributed by atoms with E-state index in [1.165, 1.54) is 12.1 Å². The topological polar surface area (TPSA) is 58.6 Å². The fourth-order valence-electron chi connectivity index (χ4n) is 2.17. The minimum absolute atomic E-state index is 0.0437. The average molecular weight is 291 g/mol. The smallest absolute Gasteiger partial charge is 0.251 e. The normalized spacial score (nSPS) is 17.7. The maximum Gasteiger partial charge on any atom is 0.251 e. The van der Waals surface area contributed by atoms with Crippen molar-refractivity contribution < 1.29 is 19.0 Å². The first kappa shape index (κ1) is 15.5. The number of carbonyl (C=O) groups excluding carboxylic acids is 1. The van der Waals surface area contributed by atoms with Gasteiger partial charge in [0.2, 0.25) is 0 Å². The van der Waals surface area contributed by atoms with E-state index in [1.54, 1.807) is 0 Å². The number of aliphatic hydroxyl groups excluding tert-OH is 1. The fraction of sp³-hybridized carbons (Fsp3) is 0.438. The lowest BCUT2D eigenvalue weighted by molar-refractivity contribution is 0.0169. The van der Waals surface area contributed by atoms with Crippen LogP contribution in [0.4, 0.5) is 4.39 Å². The van der Waals surface area contributed by atoms with E-state index in [0.717, 1.165) is 31.9 Å². The van der Waals surface area contributed by atoms with Crippen LogP contribution in [-0.2, 0) is 4.74 Å². The van der Waals surface area contributed by atoms with Gasteiger partial charge >= 0.3 is 0 Å². The molecule has 0 radical (unpaired) electrons. The second-order valence-electron chi connectivity index (χ2n) is 4.85. The Kier molecular flexibility index (Phi) is 5.73. The van der Waals surface area contributed by atoms with E-state index < -0.39 is 5.82 Å². The zero-order chi connectivity index (χ0) is 15.1. The predicted molar refractivity (Wildman–Crippen MR) is 76.3 cm³/mol. The van der Waals surface area contributed by atoms with Crippen molar-refractivity contribution in [3.8, 4) is 11.8 Å². The Bertz CT molecular complexity index is 556. The molecule has 1 aromatic rings. The number of ether oxygens (including phenoxy) is 1. The van der Waals surface area contributed by atoms with Crippen LogP contribution in [0.2, 0.25) is 0 Å². The van der Waals surface area contributed by atoms with Gasteiger partial charge in [0.1, 0.15) is 12.4 Å². The van der Waals surface area contributed by atoms with E-state index in [2.05, 4.69) is 17.2 Å². The highest BCUT2D eigenvalue weighted by atomic mass is 19.1. The van der Waals surface area contributed by atoms with Crippen LogP contribution in [0.1, 0.15) is 35.2 Å². The summed E-state index contributed by atoms with van der Waals surface area (Å²) in [6.45, 7) is 0.836. The van der Waals surface area contributed by atoms with Crippen molar-refractivity contribution in [2.75, 3.05) is 19.8 Å². The summed E-state index contributed by atoms with van der Waals surface area (Å²) >= 11 is 0. The van der Waals surface area contributed by atoms with Crippen LogP contribution >= 0.6 is 0 Å². The molecule has 1 heterocycles. The maximum absolute atomic E-state index is 13.7. The molecule has 2 rings (SSSR count). The molecule has 1 aliphatic heterocycles. The average Bonchev–Trinajstić information content (AvgIpc) is 2.52. The van der Waals surface area contributed by atoms with E-state index in [9.17, 15) is 9.18 Å². The van der Waals surface area contributed by atoms with Crippen LogP contribution in [0.3, 0.4) is 0 Å². The zero-order valence-corrected chi connectivity index (χ0v) is 11.7. The molecular formula is C16H18FNO3. The van der Waals surface area contributed by atoms with Gasteiger partial charge in [-0.25, -0.2) is 4.39 Å². The van der Waals surface area contributed by atoms with Crippen molar-refractivity contribution in [3.63, 3.8) is 0 Å². The van der Waals surface area contributed by atoms with E-state index >= 15 is 0 Å². The van der Waals surface area contributed by atoms with E-state index in [4.69, 9.17) is 9.84 Å². The first-order chi connectivity index (χ1) is 10.2. The minimum atomic E-state index is -0.572. The Morgan fingerprint density at radius 3 is 3.00 bits per heavy atom. The molecule has 4 nitrogen and oxygen atoms in total. The summed E-state index contributed by atoms with van der Waals surface area (Å²) in [5.41, 5.74) is 0.411. The van der Waals surface area contributed by atoms with Crippen molar-refractivity contribution in [2.24, 2.45) is 0 Å². The number of hydrogen-bond donors (Lipinski definition) is 2. The van der Waals surface area contributed by atoms with Crippen LogP contribution in [0.15, 0.2) is 18.2 Å². The van der Waals surface area contributed by atoms with Crippen molar-refractivity contribution in [2.45, 2.75) is 25.4 Å². The molecule has 2 N–H and O–H groups in total. The Hall–Kier alpha value is -1.90. The quantitative estimate of drug-likeness (QED) is 0.829. The van der Waals surface area contributed by atoms with Crippen molar-refractivity contribution in [1.82, 2.24) is 5.32 Å². The monoisotopic (exact) mass is 291 g/mol. The third-order valence-electron chi connectivity index (χ3n) is 3.30. The number of rotatable bonds is 3. The lowest BCUT2D eigenvalue weighted by atomic mass is 10.1. The van der Waals surface area contributed by atoms with Crippen LogP contribution in [0, 0.1) is 17.7 Å². The van der Waals surface area contributed by atoms with Crippen LogP contribution in [-0.4, -0.2) is 36.9 Å². The van der Waals surface area contributed by atoms with Gasteiger partial charge in [0.25, 0.3) is 5.91 Å². The Morgan fingerprint density at radius 2 is 2.33 bits per heavy atom. The minimum Gasteiger partial charge on any atom is -0.384 e. The molecule has 1 aliphatic rings. The molecule has 5 heteroatoms. The number of nitrogens with one attached hydrogen (secondary N) is 1. The van der Waals surface area contributed by atoms with E-state index in [-0.39, 0.29) is 29.7 Å². The maximum atomic E-state index is 13.7. The van der Waals surface area contributed by atoms with Gasteiger partial charge in [0.15, 0.2) is 0 Å². The highest BCUT2D eigenvalue weighted by molar-refractivity contribution is 5.94. The molecule has 0 aromatic heterocycles.